The lowest BCUT2D eigenvalue weighted by atomic mass is 9.93. The topological polar surface area (TPSA) is 108 Å². The van der Waals surface area contributed by atoms with Crippen molar-refractivity contribution in [2.45, 2.75) is 118 Å². The van der Waals surface area contributed by atoms with Crippen LogP contribution in [0.5, 0.6) is 5.75 Å². The molecule has 0 radical (unpaired) electrons. The van der Waals surface area contributed by atoms with Gasteiger partial charge in [-0.15, -0.1) is 0 Å². The average Bonchev–Trinajstić information content (AvgIpc) is 2.83. The van der Waals surface area contributed by atoms with Gasteiger partial charge < -0.3 is 25.4 Å². The Kier molecular flexibility index (Phi) is 12.9. The Morgan fingerprint density at radius 3 is 2.24 bits per heavy atom. The van der Waals surface area contributed by atoms with Crippen LogP contribution in [0.3, 0.4) is 0 Å². The van der Waals surface area contributed by atoms with E-state index in [1.165, 1.54) is 4.90 Å². The minimum absolute atomic E-state index is 0.0162. The van der Waals surface area contributed by atoms with Crippen LogP contribution in [0.15, 0.2) is 18.2 Å². The van der Waals surface area contributed by atoms with E-state index in [1.54, 1.807) is 45.9 Å². The van der Waals surface area contributed by atoms with Crippen molar-refractivity contribution in [3.05, 3.63) is 29.3 Å². The largest absolute Gasteiger partial charge is 0.507 e. The summed E-state index contributed by atoms with van der Waals surface area (Å²) in [6, 6.07) is 2.90. The number of ether oxygens (including phenoxy) is 1. The third-order valence-corrected chi connectivity index (χ3v) is 6.64. The number of rotatable bonds is 13. The predicted octanol–water partition coefficient (Wildman–Crippen LogP) is 5.61. The molecule has 0 saturated heterocycles. The summed E-state index contributed by atoms with van der Waals surface area (Å²) >= 11 is 0. The molecule has 0 saturated carbocycles. The van der Waals surface area contributed by atoms with Crippen molar-refractivity contribution in [1.29, 1.82) is 0 Å². The van der Waals surface area contributed by atoms with E-state index in [0.29, 0.717) is 30.5 Å². The second-order valence-corrected chi connectivity index (χ2v) is 10.9. The number of aryl methyl sites for hydroxylation is 1. The van der Waals surface area contributed by atoms with Crippen LogP contribution in [0.4, 0.5) is 4.79 Å². The minimum atomic E-state index is -1.06. The molecule has 210 valence electrons. The standard InChI is InChI=1S/C29H49N3O5/c1-10-13-14-18-30-26(34)24(22-17-15-16-20(5)25(22)33)32(21(6)12-3)27(35)23(19(4)11-2)31-28(36)37-29(7,8)9/h15-17,19,21,23-24,33H,10-14,18H2,1-9H3,(H,30,34)(H,31,36). The fourth-order valence-electron chi connectivity index (χ4n) is 4.08. The fraction of sp³-hybridized carbons (Fsp3) is 0.690. The molecular formula is C29H49N3O5. The van der Waals surface area contributed by atoms with E-state index in [1.807, 2.05) is 27.7 Å². The number of phenolic OH excluding ortho intramolecular Hbond substituents is 1. The Hall–Kier alpha value is -2.77. The van der Waals surface area contributed by atoms with Gasteiger partial charge >= 0.3 is 6.09 Å². The third-order valence-electron chi connectivity index (χ3n) is 6.64. The van der Waals surface area contributed by atoms with Crippen LogP contribution in [0.1, 0.15) is 105 Å². The summed E-state index contributed by atoms with van der Waals surface area (Å²) in [6.45, 7) is 17.3. The zero-order chi connectivity index (χ0) is 28.3. The first kappa shape index (κ1) is 32.3. The molecule has 4 unspecified atom stereocenters. The van der Waals surface area contributed by atoms with Crippen LogP contribution >= 0.6 is 0 Å². The Balaban J connectivity index is 3.57. The number of nitrogens with zero attached hydrogens (tertiary/aromatic N) is 1. The van der Waals surface area contributed by atoms with E-state index in [4.69, 9.17) is 4.74 Å². The van der Waals surface area contributed by atoms with Crippen molar-refractivity contribution in [3.8, 4) is 5.75 Å². The van der Waals surface area contributed by atoms with Crippen molar-refractivity contribution >= 4 is 17.9 Å². The summed E-state index contributed by atoms with van der Waals surface area (Å²) in [4.78, 5) is 42.1. The number of para-hydroxylation sites is 1. The molecule has 37 heavy (non-hydrogen) atoms. The zero-order valence-electron chi connectivity index (χ0n) is 24.3. The van der Waals surface area contributed by atoms with E-state index >= 15 is 0 Å². The van der Waals surface area contributed by atoms with Crippen LogP contribution in [-0.4, -0.2) is 52.1 Å². The molecule has 8 nitrogen and oxygen atoms in total. The van der Waals surface area contributed by atoms with Crippen LogP contribution in [0.2, 0.25) is 0 Å². The van der Waals surface area contributed by atoms with E-state index in [-0.39, 0.29) is 29.5 Å². The molecule has 1 aromatic rings. The lowest BCUT2D eigenvalue weighted by molar-refractivity contribution is -0.146. The van der Waals surface area contributed by atoms with Crippen LogP contribution in [0.25, 0.3) is 0 Å². The number of amides is 3. The SMILES string of the molecule is CCCCCNC(=O)C(c1cccc(C)c1O)N(C(=O)C(NC(=O)OC(C)(C)C)C(C)CC)C(C)CC. The highest BCUT2D eigenvalue weighted by atomic mass is 16.6. The highest BCUT2D eigenvalue weighted by Crippen LogP contribution is 2.34. The monoisotopic (exact) mass is 519 g/mol. The Morgan fingerprint density at radius 2 is 1.70 bits per heavy atom. The van der Waals surface area contributed by atoms with E-state index in [9.17, 15) is 19.5 Å². The second kappa shape index (κ2) is 14.8. The Bertz CT molecular complexity index is 896. The van der Waals surface area contributed by atoms with Crippen LogP contribution in [0, 0.1) is 12.8 Å². The average molecular weight is 520 g/mol. The molecule has 0 aliphatic rings. The molecule has 4 atom stereocenters. The second-order valence-electron chi connectivity index (χ2n) is 10.9. The number of unbranched alkanes of at least 4 members (excludes halogenated alkanes) is 2. The molecule has 1 rings (SSSR count). The summed E-state index contributed by atoms with van der Waals surface area (Å²) < 4.78 is 5.44. The number of nitrogens with one attached hydrogen (secondary N) is 2. The summed E-state index contributed by atoms with van der Waals surface area (Å²) in [5.41, 5.74) is 0.252. The first-order valence-electron chi connectivity index (χ1n) is 13.7. The molecule has 0 aliphatic carbocycles. The highest BCUT2D eigenvalue weighted by molar-refractivity contribution is 5.93. The maximum Gasteiger partial charge on any atom is 0.408 e. The first-order valence-corrected chi connectivity index (χ1v) is 13.7. The summed E-state index contributed by atoms with van der Waals surface area (Å²) in [6.07, 6.45) is 3.34. The first-order chi connectivity index (χ1) is 17.3. The van der Waals surface area contributed by atoms with Gasteiger partial charge in [0.1, 0.15) is 23.4 Å². The summed E-state index contributed by atoms with van der Waals surface area (Å²) in [5.74, 6) is -0.974. The number of hydrogen-bond acceptors (Lipinski definition) is 5. The predicted molar refractivity (Wildman–Crippen MR) is 147 cm³/mol. The quantitative estimate of drug-likeness (QED) is 0.293. The van der Waals surface area contributed by atoms with Crippen molar-refractivity contribution in [1.82, 2.24) is 15.5 Å². The van der Waals surface area contributed by atoms with Crippen LogP contribution < -0.4 is 10.6 Å². The molecule has 1 aromatic carbocycles. The van der Waals surface area contributed by atoms with Gasteiger partial charge in [-0.3, -0.25) is 9.59 Å². The smallest absolute Gasteiger partial charge is 0.408 e. The molecule has 0 spiro atoms. The van der Waals surface area contributed by atoms with E-state index in [0.717, 1.165) is 19.3 Å². The molecule has 0 aliphatic heterocycles. The van der Waals surface area contributed by atoms with Gasteiger partial charge in [-0.05, 0) is 58.9 Å². The van der Waals surface area contributed by atoms with Gasteiger partial charge in [0.15, 0.2) is 0 Å². The van der Waals surface area contributed by atoms with Crippen molar-refractivity contribution < 1.29 is 24.2 Å². The van der Waals surface area contributed by atoms with Gasteiger partial charge in [0.25, 0.3) is 0 Å². The maximum absolute atomic E-state index is 14.2. The summed E-state index contributed by atoms with van der Waals surface area (Å²) in [7, 11) is 0. The van der Waals surface area contributed by atoms with Crippen molar-refractivity contribution in [2.75, 3.05) is 6.54 Å². The number of aromatic hydroxyl groups is 1. The summed E-state index contributed by atoms with van der Waals surface area (Å²) in [5, 5.41) is 16.7. The zero-order valence-corrected chi connectivity index (χ0v) is 24.3. The van der Waals surface area contributed by atoms with E-state index < -0.39 is 23.8 Å². The lowest BCUT2D eigenvalue weighted by Crippen LogP contribution is -2.57. The van der Waals surface area contributed by atoms with E-state index in [2.05, 4.69) is 17.6 Å². The molecule has 0 bridgehead atoms. The van der Waals surface area contributed by atoms with Gasteiger partial charge in [-0.1, -0.05) is 65.2 Å². The maximum atomic E-state index is 14.2. The highest BCUT2D eigenvalue weighted by Gasteiger charge is 2.41. The van der Waals surface area contributed by atoms with Gasteiger partial charge in [-0.25, -0.2) is 4.79 Å². The number of carbonyl (C=O) groups excluding carboxylic acids is 3. The van der Waals surface area contributed by atoms with Gasteiger partial charge in [-0.2, -0.15) is 0 Å². The molecule has 3 N–H and O–H groups in total. The number of hydrogen-bond donors (Lipinski definition) is 3. The van der Waals surface area contributed by atoms with Crippen molar-refractivity contribution in [3.63, 3.8) is 0 Å². The normalized spacial score (nSPS) is 14.7. The molecular weight excluding hydrogens is 470 g/mol. The Labute approximate surface area is 223 Å². The Morgan fingerprint density at radius 1 is 1.05 bits per heavy atom. The molecule has 0 aromatic heterocycles. The molecule has 8 heteroatoms. The number of phenols is 1. The lowest BCUT2D eigenvalue weighted by Gasteiger charge is -2.39. The minimum Gasteiger partial charge on any atom is -0.507 e. The fourth-order valence-corrected chi connectivity index (χ4v) is 4.08. The number of carbonyl (C=O) groups is 3. The van der Waals surface area contributed by atoms with Crippen molar-refractivity contribution in [2.24, 2.45) is 5.92 Å². The number of benzene rings is 1. The number of alkyl carbamates (subject to hydrolysis) is 1. The van der Waals surface area contributed by atoms with Gasteiger partial charge in [0.05, 0.1) is 0 Å². The molecule has 0 heterocycles. The molecule has 3 amide bonds. The van der Waals surface area contributed by atoms with Gasteiger partial charge in [0.2, 0.25) is 11.8 Å². The molecule has 0 fully saturated rings. The van der Waals surface area contributed by atoms with Crippen LogP contribution in [-0.2, 0) is 14.3 Å². The third kappa shape index (κ3) is 9.56. The van der Waals surface area contributed by atoms with Gasteiger partial charge in [0, 0.05) is 18.2 Å².